The predicted octanol–water partition coefficient (Wildman–Crippen LogP) is 8.97. The fourth-order valence-electron chi connectivity index (χ4n) is 8.33. The number of benzene rings is 5. The number of methoxy groups -OCH3 is 1. The summed E-state index contributed by atoms with van der Waals surface area (Å²) in [5.74, 6) is 2.03. The van der Waals surface area contributed by atoms with Crippen molar-refractivity contribution in [3.63, 3.8) is 0 Å². The molecule has 0 saturated heterocycles. The normalized spacial score (nSPS) is 15.8. The first kappa shape index (κ1) is 30.0. The summed E-state index contributed by atoms with van der Waals surface area (Å²) in [4.78, 5) is 14.8. The van der Waals surface area contributed by atoms with Crippen molar-refractivity contribution in [1.82, 2.24) is 4.57 Å². The Bertz CT molecular complexity index is 2120. The first-order valence-corrected chi connectivity index (χ1v) is 17.1. The van der Waals surface area contributed by atoms with Crippen LogP contribution in [0.1, 0.15) is 56.9 Å². The van der Waals surface area contributed by atoms with Crippen LogP contribution in [0.2, 0.25) is 0 Å². The van der Waals surface area contributed by atoms with E-state index in [2.05, 4.69) is 104 Å². The minimum Gasteiger partial charge on any atom is -0.585 e. The van der Waals surface area contributed by atoms with E-state index in [1.54, 1.807) is 7.11 Å². The van der Waals surface area contributed by atoms with Gasteiger partial charge < -0.3 is 19.1 Å². The summed E-state index contributed by atoms with van der Waals surface area (Å²) in [7, 11) is 3.50. The van der Waals surface area contributed by atoms with Crippen LogP contribution in [0.5, 0.6) is 11.5 Å². The first-order chi connectivity index (χ1) is 23.0. The number of ether oxygens (including phenoxy) is 2. The van der Waals surface area contributed by atoms with Gasteiger partial charge in [0.1, 0.15) is 5.75 Å². The molecule has 6 heteroatoms. The van der Waals surface area contributed by atoms with Crippen LogP contribution in [-0.2, 0) is 19.4 Å². The van der Waals surface area contributed by atoms with Crippen molar-refractivity contribution in [2.24, 2.45) is 5.92 Å². The van der Waals surface area contributed by atoms with Crippen LogP contribution in [0, 0.1) is 5.92 Å². The summed E-state index contributed by atoms with van der Waals surface area (Å²) in [5.41, 5.74) is 11.6. The summed E-state index contributed by atoms with van der Waals surface area (Å²) in [5, 5.41) is 12.3. The van der Waals surface area contributed by atoms with E-state index in [9.17, 15) is 9.90 Å². The van der Waals surface area contributed by atoms with Gasteiger partial charge >= 0.3 is 0 Å². The van der Waals surface area contributed by atoms with Crippen molar-refractivity contribution >= 4 is 43.5 Å². The number of ketones is 1. The molecule has 8 rings (SSSR count). The number of aliphatic hydroxyl groups is 2. The molecule has 2 N–H and O–H groups in total. The van der Waals surface area contributed by atoms with Crippen molar-refractivity contribution in [1.29, 1.82) is 0 Å². The number of aryl methyl sites for hydroxylation is 1. The Hall–Kier alpha value is -4.39. The van der Waals surface area contributed by atoms with E-state index in [1.165, 1.54) is 38.7 Å². The highest BCUT2D eigenvalue weighted by atomic mass is 79.9. The number of aromatic hydroxyl groups is 1. The van der Waals surface area contributed by atoms with Crippen LogP contribution < -0.4 is 4.74 Å². The fourth-order valence-corrected chi connectivity index (χ4v) is 8.69. The quantitative estimate of drug-likeness (QED) is 0.162. The van der Waals surface area contributed by atoms with Gasteiger partial charge in [-0.3, -0.25) is 4.79 Å². The Morgan fingerprint density at radius 2 is 1.68 bits per heavy atom. The molecule has 0 amide bonds. The van der Waals surface area contributed by atoms with Crippen LogP contribution in [-0.4, -0.2) is 41.0 Å². The van der Waals surface area contributed by atoms with Crippen molar-refractivity contribution < 1.29 is 19.4 Å². The molecule has 0 radical (unpaired) electrons. The first-order valence-electron chi connectivity index (χ1n) is 16.4. The van der Waals surface area contributed by atoms with E-state index >= 15 is 0 Å². The van der Waals surface area contributed by atoms with Gasteiger partial charge in [-0.25, -0.2) is 0 Å². The molecule has 236 valence electrons. The van der Waals surface area contributed by atoms with E-state index in [0.717, 1.165) is 56.4 Å². The van der Waals surface area contributed by atoms with Gasteiger partial charge in [-0.2, -0.15) is 0 Å². The van der Waals surface area contributed by atoms with Gasteiger partial charge in [0.15, 0.2) is 12.9 Å². The van der Waals surface area contributed by atoms with Gasteiger partial charge in [-0.05, 0) is 100 Å². The maximum absolute atomic E-state index is 14.8. The predicted molar refractivity (Wildman–Crippen MR) is 192 cm³/mol. The molecule has 2 atom stereocenters. The molecule has 47 heavy (non-hydrogen) atoms. The van der Waals surface area contributed by atoms with Crippen LogP contribution in [0.4, 0.5) is 0 Å². The summed E-state index contributed by atoms with van der Waals surface area (Å²) in [6.07, 6.45) is 2.70. The molecule has 5 nitrogen and oxygen atoms in total. The molecule has 0 aliphatic heterocycles. The number of Topliss-reactive ketones (excluding diaryl/α,β-unsaturated/α-hetero) is 1. The van der Waals surface area contributed by atoms with Crippen LogP contribution >= 0.6 is 15.9 Å². The minimum absolute atomic E-state index is 0.00831. The molecule has 1 heterocycles. The number of fused-ring (bicyclic) bond motifs is 10. The van der Waals surface area contributed by atoms with Crippen LogP contribution in [0.3, 0.4) is 0 Å². The van der Waals surface area contributed by atoms with Crippen molar-refractivity contribution in [2.45, 2.75) is 38.1 Å². The minimum atomic E-state index is 0.00831. The standard InChI is InChI=1S/C41H36BrNO4/c1-46-29-13-8-24(9-14-29)37(25-10-15-30(47-2)16-11-25)27-21-33-39-32-23-28(42)12-17-35(32)43(18-5-19-44)41(39)34-20-26-6-3-4-7-31(26)38(34)40(33)36(45)22-27/h3-4,6-17,23,27,37,44H,5,18-22H2,1-2H3/p+1. The number of aliphatic hydroxyl groups excluding tert-OH is 1. The maximum atomic E-state index is 14.8. The van der Waals surface area contributed by atoms with Gasteiger partial charge in [0, 0.05) is 70.4 Å². The van der Waals surface area contributed by atoms with Crippen molar-refractivity contribution in [3.05, 3.63) is 129 Å². The summed E-state index contributed by atoms with van der Waals surface area (Å²) in [6.45, 7) is 0.833. The largest absolute Gasteiger partial charge is 0.585 e. The van der Waals surface area contributed by atoms with Gasteiger partial charge in [-0.15, -0.1) is 0 Å². The van der Waals surface area contributed by atoms with E-state index < -0.39 is 0 Å². The molecule has 0 saturated carbocycles. The lowest BCUT2D eigenvalue weighted by atomic mass is 9.69. The number of rotatable bonds is 8. The van der Waals surface area contributed by atoms with Crippen LogP contribution in [0.25, 0.3) is 32.9 Å². The summed E-state index contributed by atoms with van der Waals surface area (Å²) >= 11 is 3.76. The fraction of sp³-hybridized carbons (Fsp3) is 0.244. The van der Waals surface area contributed by atoms with Gasteiger partial charge in [0.05, 0.1) is 12.6 Å². The monoisotopic (exact) mass is 686 g/mol. The maximum Gasteiger partial charge on any atom is 0.254 e. The van der Waals surface area contributed by atoms with Crippen molar-refractivity contribution in [2.75, 3.05) is 20.8 Å². The lowest BCUT2D eigenvalue weighted by Gasteiger charge is -2.33. The lowest BCUT2D eigenvalue weighted by Crippen LogP contribution is -2.27. The van der Waals surface area contributed by atoms with Gasteiger partial charge in [0.2, 0.25) is 0 Å². The number of carbonyl (C=O) groups is 1. The zero-order valence-corrected chi connectivity index (χ0v) is 28.2. The van der Waals surface area contributed by atoms with Crippen LogP contribution in [0.15, 0.2) is 95.5 Å². The second-order valence-corrected chi connectivity index (χ2v) is 13.7. The smallest absolute Gasteiger partial charge is 0.254 e. The molecular weight excluding hydrogens is 650 g/mol. The number of aromatic nitrogens is 1. The number of hydrogen-bond acceptors (Lipinski definition) is 3. The molecule has 5 aromatic carbocycles. The SMILES string of the molecule is COc1ccc(C(c2ccc([OH+]C)cc2)C2CC(=O)c3c4c(c5c(c3C2)c2cc(Br)ccc2n5CCCO)Cc2ccccc2-4)cc1. The topological polar surface area (TPSA) is 64.3 Å². The number of hydrogen-bond donors (Lipinski definition) is 1. The summed E-state index contributed by atoms with van der Waals surface area (Å²) in [6, 6.07) is 31.9. The zero-order valence-electron chi connectivity index (χ0n) is 26.6. The molecule has 2 aliphatic carbocycles. The molecule has 6 aromatic rings. The molecule has 0 spiro atoms. The van der Waals surface area contributed by atoms with Gasteiger partial charge in [-0.1, -0.05) is 52.3 Å². The average molecular weight is 688 g/mol. The molecule has 0 bridgehead atoms. The second kappa shape index (κ2) is 12.0. The Kier molecular flexibility index (Phi) is 7.66. The third kappa shape index (κ3) is 4.88. The van der Waals surface area contributed by atoms with Gasteiger partial charge in [0.25, 0.3) is 5.75 Å². The third-order valence-corrected chi connectivity index (χ3v) is 10.8. The summed E-state index contributed by atoms with van der Waals surface area (Å²) < 4.78 is 13.3. The Morgan fingerprint density at radius 3 is 2.40 bits per heavy atom. The lowest BCUT2D eigenvalue weighted by molar-refractivity contribution is 0.0945. The second-order valence-electron chi connectivity index (χ2n) is 12.8. The Morgan fingerprint density at radius 1 is 0.936 bits per heavy atom. The molecule has 1 aromatic heterocycles. The average Bonchev–Trinajstić information content (AvgIpc) is 3.64. The molecule has 0 fully saturated rings. The number of carbonyl (C=O) groups excluding carboxylic acids is 1. The Balaban J connectivity index is 1.40. The number of halogens is 1. The molecule has 2 aliphatic rings. The van der Waals surface area contributed by atoms with E-state index in [-0.39, 0.29) is 24.2 Å². The molecular formula is C41H37BrNO4+. The number of nitrogens with zero attached hydrogens (tertiary/aromatic N) is 1. The van der Waals surface area contributed by atoms with E-state index in [4.69, 9.17) is 4.74 Å². The zero-order chi connectivity index (χ0) is 32.2. The van der Waals surface area contributed by atoms with Crippen molar-refractivity contribution in [3.8, 4) is 22.6 Å². The Labute approximate surface area is 282 Å². The highest BCUT2D eigenvalue weighted by Crippen LogP contribution is 2.52. The van der Waals surface area contributed by atoms with E-state index in [0.29, 0.717) is 19.4 Å². The third-order valence-electron chi connectivity index (χ3n) is 10.3. The highest BCUT2D eigenvalue weighted by molar-refractivity contribution is 9.10. The highest BCUT2D eigenvalue weighted by Gasteiger charge is 2.39. The van der Waals surface area contributed by atoms with E-state index in [1.807, 2.05) is 19.2 Å². The molecule has 2 unspecified atom stereocenters.